The van der Waals surface area contributed by atoms with E-state index >= 15 is 0 Å². The molecular weight excluding hydrogens is 348 g/mol. The number of carbonyl (C=O) groups excluding carboxylic acids is 1. The molecule has 3 aromatic rings. The summed E-state index contributed by atoms with van der Waals surface area (Å²) in [6, 6.07) is 16.5. The van der Waals surface area contributed by atoms with E-state index in [-0.39, 0.29) is 5.91 Å². The Kier molecular flexibility index (Phi) is 4.61. The number of likely N-dealkylation sites (tertiary alicyclic amines) is 2. The first-order chi connectivity index (χ1) is 13.8. The highest BCUT2D eigenvalue weighted by molar-refractivity contribution is 5.94. The molecule has 28 heavy (non-hydrogen) atoms. The molecule has 1 aromatic heterocycles. The van der Waals surface area contributed by atoms with Crippen molar-refractivity contribution in [2.45, 2.75) is 31.7 Å². The topological polar surface area (TPSA) is 41.4 Å². The molecule has 3 heterocycles. The van der Waals surface area contributed by atoms with Gasteiger partial charge in [-0.25, -0.2) is 4.98 Å². The van der Waals surface area contributed by atoms with Crippen LogP contribution >= 0.6 is 0 Å². The lowest BCUT2D eigenvalue weighted by Crippen LogP contribution is -2.41. The van der Waals surface area contributed by atoms with Crippen LogP contribution < -0.4 is 0 Å². The van der Waals surface area contributed by atoms with Crippen LogP contribution in [0.15, 0.2) is 54.9 Å². The summed E-state index contributed by atoms with van der Waals surface area (Å²) in [4.78, 5) is 22.0. The molecule has 0 radical (unpaired) electrons. The van der Waals surface area contributed by atoms with Crippen molar-refractivity contribution < 1.29 is 4.79 Å². The lowest BCUT2D eigenvalue weighted by Gasteiger charge is -2.32. The van der Waals surface area contributed by atoms with Gasteiger partial charge in [0, 0.05) is 30.4 Å². The van der Waals surface area contributed by atoms with E-state index in [0.717, 1.165) is 41.8 Å². The van der Waals surface area contributed by atoms with Crippen LogP contribution in [0, 0.1) is 0 Å². The maximum atomic E-state index is 13.0. The van der Waals surface area contributed by atoms with Crippen LogP contribution in [-0.2, 0) is 0 Å². The average Bonchev–Trinajstić information content (AvgIpc) is 3.42. The van der Waals surface area contributed by atoms with E-state index in [1.807, 2.05) is 53.7 Å². The molecule has 1 amide bonds. The molecule has 144 valence electrons. The number of piperidine rings is 1. The number of amides is 1. The third-order valence-corrected chi connectivity index (χ3v) is 6.20. The molecule has 2 fully saturated rings. The Morgan fingerprint density at radius 1 is 0.929 bits per heavy atom. The minimum absolute atomic E-state index is 0.154. The molecule has 2 aliphatic heterocycles. The fourth-order valence-electron chi connectivity index (χ4n) is 4.62. The van der Waals surface area contributed by atoms with E-state index in [0.29, 0.717) is 6.04 Å². The van der Waals surface area contributed by atoms with Gasteiger partial charge in [-0.15, -0.1) is 0 Å². The van der Waals surface area contributed by atoms with E-state index in [9.17, 15) is 4.79 Å². The Balaban J connectivity index is 1.30. The summed E-state index contributed by atoms with van der Waals surface area (Å²) in [6.07, 6.45) is 6.89. The highest BCUT2D eigenvalue weighted by Crippen LogP contribution is 2.23. The molecule has 5 rings (SSSR count). The van der Waals surface area contributed by atoms with Gasteiger partial charge in [-0.3, -0.25) is 14.3 Å². The van der Waals surface area contributed by atoms with Gasteiger partial charge in [-0.2, -0.15) is 0 Å². The van der Waals surface area contributed by atoms with Gasteiger partial charge in [0.25, 0.3) is 5.91 Å². The summed E-state index contributed by atoms with van der Waals surface area (Å²) in [5, 5.41) is 0. The number of fused-ring (bicyclic) bond motifs is 1. The maximum Gasteiger partial charge on any atom is 0.253 e. The van der Waals surface area contributed by atoms with Gasteiger partial charge in [0.15, 0.2) is 0 Å². The Hall–Kier alpha value is -2.66. The number of para-hydroxylation sites is 2. The maximum absolute atomic E-state index is 13.0. The molecule has 2 saturated heterocycles. The molecule has 0 saturated carbocycles. The lowest BCUT2D eigenvalue weighted by molar-refractivity contribution is 0.0771. The van der Waals surface area contributed by atoms with Gasteiger partial charge >= 0.3 is 0 Å². The number of benzene rings is 2. The van der Waals surface area contributed by atoms with E-state index in [2.05, 4.69) is 20.5 Å². The molecule has 0 N–H and O–H groups in total. The summed E-state index contributed by atoms with van der Waals surface area (Å²) < 4.78 is 2.06. The Labute approximate surface area is 165 Å². The molecule has 0 bridgehead atoms. The van der Waals surface area contributed by atoms with Crippen molar-refractivity contribution in [1.29, 1.82) is 0 Å². The fraction of sp³-hybridized carbons (Fsp3) is 0.391. The number of imidazole rings is 1. The van der Waals surface area contributed by atoms with Crippen molar-refractivity contribution in [2.75, 3.05) is 26.2 Å². The molecule has 2 aliphatic rings. The molecule has 0 spiro atoms. The monoisotopic (exact) mass is 374 g/mol. The normalized spacial score (nSPS) is 20.7. The molecular formula is C23H26N4O. The van der Waals surface area contributed by atoms with Gasteiger partial charge in [0.2, 0.25) is 0 Å². The van der Waals surface area contributed by atoms with Crippen LogP contribution in [0.3, 0.4) is 0 Å². The average molecular weight is 374 g/mol. The van der Waals surface area contributed by atoms with Crippen molar-refractivity contribution in [3.63, 3.8) is 0 Å². The van der Waals surface area contributed by atoms with Gasteiger partial charge in [-0.1, -0.05) is 18.6 Å². The van der Waals surface area contributed by atoms with Crippen LogP contribution in [0.25, 0.3) is 16.7 Å². The number of aromatic nitrogens is 2. The van der Waals surface area contributed by atoms with Crippen molar-refractivity contribution >= 4 is 16.9 Å². The molecule has 0 unspecified atom stereocenters. The van der Waals surface area contributed by atoms with Crippen molar-refractivity contribution in [1.82, 2.24) is 19.4 Å². The third-order valence-electron chi connectivity index (χ3n) is 6.20. The fourth-order valence-corrected chi connectivity index (χ4v) is 4.62. The number of hydrogen-bond donors (Lipinski definition) is 0. The van der Waals surface area contributed by atoms with Crippen LogP contribution in [0.5, 0.6) is 0 Å². The quantitative estimate of drug-likeness (QED) is 0.702. The highest BCUT2D eigenvalue weighted by atomic mass is 16.2. The zero-order chi connectivity index (χ0) is 18.9. The van der Waals surface area contributed by atoms with Gasteiger partial charge in [-0.05, 0) is 68.8 Å². The Morgan fingerprint density at radius 2 is 1.71 bits per heavy atom. The highest BCUT2D eigenvalue weighted by Gasteiger charge is 2.31. The van der Waals surface area contributed by atoms with Gasteiger partial charge in [0.05, 0.1) is 11.0 Å². The minimum atomic E-state index is 0.154. The zero-order valence-corrected chi connectivity index (χ0v) is 16.1. The summed E-state index contributed by atoms with van der Waals surface area (Å²) in [5.41, 5.74) is 3.85. The van der Waals surface area contributed by atoms with Crippen LogP contribution in [0.2, 0.25) is 0 Å². The van der Waals surface area contributed by atoms with Crippen LogP contribution in [-0.4, -0.2) is 57.5 Å². The summed E-state index contributed by atoms with van der Waals surface area (Å²) in [7, 11) is 0. The second kappa shape index (κ2) is 7.40. The van der Waals surface area contributed by atoms with Crippen LogP contribution in [0.4, 0.5) is 0 Å². The predicted octanol–water partition coefficient (Wildman–Crippen LogP) is 3.73. The predicted molar refractivity (Wildman–Crippen MR) is 111 cm³/mol. The first kappa shape index (κ1) is 17.4. The SMILES string of the molecule is O=C(c1ccc(-n2cnc3ccccc32)cc1)N1CC[C@H](N2CCCCC2)C1. The van der Waals surface area contributed by atoms with Crippen molar-refractivity contribution in [3.8, 4) is 5.69 Å². The second-order valence-electron chi connectivity index (χ2n) is 7.94. The molecule has 1 atom stereocenters. The summed E-state index contributed by atoms with van der Waals surface area (Å²) in [5.74, 6) is 0.154. The van der Waals surface area contributed by atoms with Gasteiger partial charge in [0.1, 0.15) is 6.33 Å². The molecule has 5 nitrogen and oxygen atoms in total. The minimum Gasteiger partial charge on any atom is -0.337 e. The number of nitrogens with zero attached hydrogens (tertiary/aromatic N) is 4. The standard InChI is InChI=1S/C23H26N4O/c28-23(26-15-12-20(16-26)25-13-4-1-5-14-25)18-8-10-19(11-9-18)27-17-24-21-6-2-3-7-22(21)27/h2-3,6-11,17,20H,1,4-5,12-16H2/t20-/m0/s1. The first-order valence-corrected chi connectivity index (χ1v) is 10.4. The molecule has 0 aliphatic carbocycles. The number of hydrogen-bond acceptors (Lipinski definition) is 3. The first-order valence-electron chi connectivity index (χ1n) is 10.4. The smallest absolute Gasteiger partial charge is 0.253 e. The molecule has 2 aromatic carbocycles. The lowest BCUT2D eigenvalue weighted by atomic mass is 10.1. The Morgan fingerprint density at radius 3 is 2.54 bits per heavy atom. The Bertz CT molecular complexity index is 972. The van der Waals surface area contributed by atoms with E-state index in [1.165, 1.54) is 32.4 Å². The zero-order valence-electron chi connectivity index (χ0n) is 16.1. The number of rotatable bonds is 3. The number of carbonyl (C=O) groups is 1. The summed E-state index contributed by atoms with van der Waals surface area (Å²) >= 11 is 0. The van der Waals surface area contributed by atoms with E-state index in [4.69, 9.17) is 0 Å². The largest absolute Gasteiger partial charge is 0.337 e. The molecule has 5 heteroatoms. The van der Waals surface area contributed by atoms with E-state index < -0.39 is 0 Å². The van der Waals surface area contributed by atoms with Crippen LogP contribution in [0.1, 0.15) is 36.0 Å². The van der Waals surface area contributed by atoms with Crippen molar-refractivity contribution in [2.24, 2.45) is 0 Å². The summed E-state index contributed by atoms with van der Waals surface area (Å²) in [6.45, 7) is 4.13. The third kappa shape index (κ3) is 3.20. The van der Waals surface area contributed by atoms with Crippen molar-refractivity contribution in [3.05, 3.63) is 60.4 Å². The second-order valence-corrected chi connectivity index (χ2v) is 7.94. The van der Waals surface area contributed by atoms with Gasteiger partial charge < -0.3 is 4.90 Å². The van der Waals surface area contributed by atoms with E-state index in [1.54, 1.807) is 0 Å².